The molecule has 4 heteroatoms. The smallest absolute Gasteiger partial charge is 0.0558 e. The molecule has 0 amide bonds. The molecule has 4 N–H and O–H groups in total. The summed E-state index contributed by atoms with van der Waals surface area (Å²) in [7, 11) is 0. The van der Waals surface area contributed by atoms with Crippen LogP contribution < -0.4 is 5.73 Å². The van der Waals surface area contributed by atoms with E-state index in [0.717, 1.165) is 11.1 Å². The van der Waals surface area contributed by atoms with Crippen LogP contribution in [0.4, 0.5) is 0 Å². The van der Waals surface area contributed by atoms with Crippen LogP contribution in [0.15, 0.2) is 24.3 Å². The summed E-state index contributed by atoms with van der Waals surface area (Å²) < 4.78 is 0. The first kappa shape index (κ1) is 13.1. The Labute approximate surface area is 96.3 Å². The van der Waals surface area contributed by atoms with Crippen molar-refractivity contribution in [1.29, 1.82) is 0 Å². The lowest BCUT2D eigenvalue weighted by molar-refractivity contribution is 0.155. The van der Waals surface area contributed by atoms with E-state index in [1.165, 1.54) is 0 Å². The molecule has 0 atom stereocenters. The van der Waals surface area contributed by atoms with E-state index >= 15 is 0 Å². The van der Waals surface area contributed by atoms with Gasteiger partial charge in [0.2, 0.25) is 0 Å². The lowest BCUT2D eigenvalue weighted by atomic mass is 10.1. The van der Waals surface area contributed by atoms with Gasteiger partial charge in [0.05, 0.1) is 13.2 Å². The van der Waals surface area contributed by atoms with Gasteiger partial charge in [-0.1, -0.05) is 24.3 Å². The monoisotopic (exact) mass is 224 g/mol. The molecule has 0 bridgehead atoms. The second kappa shape index (κ2) is 7.35. The first-order chi connectivity index (χ1) is 7.81. The van der Waals surface area contributed by atoms with Crippen molar-refractivity contribution < 1.29 is 10.2 Å². The summed E-state index contributed by atoms with van der Waals surface area (Å²) in [5.74, 6) is 0. The number of aliphatic hydroxyl groups is 2. The van der Waals surface area contributed by atoms with Crippen LogP contribution in [-0.2, 0) is 13.1 Å². The minimum atomic E-state index is 0.102. The van der Waals surface area contributed by atoms with Gasteiger partial charge >= 0.3 is 0 Å². The Kier molecular flexibility index (Phi) is 6.03. The predicted molar refractivity (Wildman–Crippen MR) is 63.8 cm³/mol. The molecule has 1 aromatic carbocycles. The molecule has 16 heavy (non-hydrogen) atoms. The Morgan fingerprint density at radius 2 is 1.56 bits per heavy atom. The highest BCUT2D eigenvalue weighted by Gasteiger charge is 2.07. The maximum atomic E-state index is 8.92. The number of benzene rings is 1. The molecular formula is C12H20N2O2. The Morgan fingerprint density at radius 1 is 1.00 bits per heavy atom. The minimum Gasteiger partial charge on any atom is -0.395 e. The fraction of sp³-hybridized carbons (Fsp3) is 0.500. The average molecular weight is 224 g/mol. The van der Waals surface area contributed by atoms with E-state index in [1.807, 2.05) is 29.2 Å². The molecule has 0 aromatic heterocycles. The van der Waals surface area contributed by atoms with Crippen LogP contribution in [-0.4, -0.2) is 41.4 Å². The van der Waals surface area contributed by atoms with Crippen molar-refractivity contribution >= 4 is 0 Å². The highest BCUT2D eigenvalue weighted by molar-refractivity contribution is 5.26. The first-order valence-corrected chi connectivity index (χ1v) is 5.52. The molecule has 1 aromatic rings. The van der Waals surface area contributed by atoms with Gasteiger partial charge in [0, 0.05) is 26.2 Å². The van der Waals surface area contributed by atoms with Gasteiger partial charge in [-0.3, -0.25) is 4.90 Å². The zero-order valence-corrected chi connectivity index (χ0v) is 9.47. The maximum absolute atomic E-state index is 8.92. The maximum Gasteiger partial charge on any atom is 0.0558 e. The summed E-state index contributed by atoms with van der Waals surface area (Å²) in [5.41, 5.74) is 7.93. The Balaban J connectivity index is 2.67. The molecule has 0 unspecified atom stereocenters. The molecule has 0 radical (unpaired) electrons. The van der Waals surface area contributed by atoms with Crippen molar-refractivity contribution in [3.8, 4) is 0 Å². The second-order valence-electron chi connectivity index (χ2n) is 3.70. The normalized spacial score (nSPS) is 11.0. The van der Waals surface area contributed by atoms with E-state index in [2.05, 4.69) is 0 Å². The van der Waals surface area contributed by atoms with Gasteiger partial charge in [-0.15, -0.1) is 0 Å². The third-order valence-corrected chi connectivity index (χ3v) is 2.56. The van der Waals surface area contributed by atoms with Gasteiger partial charge < -0.3 is 15.9 Å². The molecule has 0 aliphatic carbocycles. The second-order valence-corrected chi connectivity index (χ2v) is 3.70. The van der Waals surface area contributed by atoms with Crippen molar-refractivity contribution in [2.75, 3.05) is 26.3 Å². The number of nitrogens with zero attached hydrogens (tertiary/aromatic N) is 1. The first-order valence-electron chi connectivity index (χ1n) is 5.52. The Hall–Kier alpha value is -0.940. The van der Waals surface area contributed by atoms with Gasteiger partial charge in [-0.2, -0.15) is 0 Å². The minimum absolute atomic E-state index is 0.102. The van der Waals surface area contributed by atoms with E-state index in [9.17, 15) is 0 Å². The van der Waals surface area contributed by atoms with Gasteiger partial charge in [0.25, 0.3) is 0 Å². The summed E-state index contributed by atoms with van der Waals surface area (Å²) in [6.07, 6.45) is 0. The topological polar surface area (TPSA) is 69.7 Å². The molecule has 0 saturated heterocycles. The van der Waals surface area contributed by atoms with Crippen molar-refractivity contribution in [2.45, 2.75) is 13.1 Å². The van der Waals surface area contributed by atoms with Crippen LogP contribution in [0.3, 0.4) is 0 Å². The van der Waals surface area contributed by atoms with Gasteiger partial charge in [0.1, 0.15) is 0 Å². The van der Waals surface area contributed by atoms with E-state index in [1.54, 1.807) is 0 Å². The number of nitrogens with two attached hydrogens (primary N) is 1. The van der Waals surface area contributed by atoms with Gasteiger partial charge in [0.15, 0.2) is 0 Å². The van der Waals surface area contributed by atoms with E-state index in [0.29, 0.717) is 26.2 Å². The van der Waals surface area contributed by atoms with Crippen molar-refractivity contribution in [2.24, 2.45) is 5.73 Å². The summed E-state index contributed by atoms with van der Waals surface area (Å²) >= 11 is 0. The van der Waals surface area contributed by atoms with E-state index < -0.39 is 0 Å². The average Bonchev–Trinajstić information content (AvgIpc) is 2.30. The van der Waals surface area contributed by atoms with Gasteiger partial charge in [-0.05, 0) is 11.1 Å². The molecule has 0 aliphatic heterocycles. The van der Waals surface area contributed by atoms with Crippen LogP contribution in [0.25, 0.3) is 0 Å². The zero-order chi connectivity index (χ0) is 11.8. The number of hydrogen-bond donors (Lipinski definition) is 3. The standard InChI is InChI=1S/C12H20N2O2/c13-9-11-3-1-2-4-12(11)10-14(5-7-15)6-8-16/h1-4,15-16H,5-10,13H2. The molecule has 0 saturated carbocycles. The van der Waals surface area contributed by atoms with Crippen molar-refractivity contribution in [3.63, 3.8) is 0 Å². The van der Waals surface area contributed by atoms with Crippen LogP contribution in [0.2, 0.25) is 0 Å². The number of aliphatic hydroxyl groups excluding tert-OH is 2. The largest absolute Gasteiger partial charge is 0.395 e. The molecule has 1 rings (SSSR count). The Bertz CT molecular complexity index is 299. The fourth-order valence-electron chi connectivity index (χ4n) is 1.70. The summed E-state index contributed by atoms with van der Waals surface area (Å²) in [6, 6.07) is 7.98. The quantitative estimate of drug-likeness (QED) is 0.606. The SMILES string of the molecule is NCc1ccccc1CN(CCO)CCO. The molecule has 4 nitrogen and oxygen atoms in total. The molecule has 0 heterocycles. The summed E-state index contributed by atoms with van der Waals surface area (Å²) in [5, 5.41) is 17.8. The van der Waals surface area contributed by atoms with Crippen LogP contribution in [0, 0.1) is 0 Å². The summed E-state index contributed by atoms with van der Waals surface area (Å²) in [6.45, 7) is 2.57. The third kappa shape index (κ3) is 3.90. The number of rotatable bonds is 7. The lowest BCUT2D eigenvalue weighted by Crippen LogP contribution is -2.29. The van der Waals surface area contributed by atoms with Gasteiger partial charge in [-0.25, -0.2) is 0 Å². The summed E-state index contributed by atoms with van der Waals surface area (Å²) in [4.78, 5) is 2.01. The Morgan fingerprint density at radius 3 is 2.06 bits per heavy atom. The van der Waals surface area contributed by atoms with E-state index in [4.69, 9.17) is 15.9 Å². The van der Waals surface area contributed by atoms with Crippen molar-refractivity contribution in [3.05, 3.63) is 35.4 Å². The molecular weight excluding hydrogens is 204 g/mol. The van der Waals surface area contributed by atoms with E-state index in [-0.39, 0.29) is 13.2 Å². The van der Waals surface area contributed by atoms with Crippen LogP contribution >= 0.6 is 0 Å². The van der Waals surface area contributed by atoms with Crippen molar-refractivity contribution in [1.82, 2.24) is 4.90 Å². The lowest BCUT2D eigenvalue weighted by Gasteiger charge is -2.21. The fourth-order valence-corrected chi connectivity index (χ4v) is 1.70. The molecule has 0 spiro atoms. The zero-order valence-electron chi connectivity index (χ0n) is 9.47. The van der Waals surface area contributed by atoms with Crippen LogP contribution in [0.5, 0.6) is 0 Å². The predicted octanol–water partition coefficient (Wildman–Crippen LogP) is -0.0681. The molecule has 0 fully saturated rings. The molecule has 90 valence electrons. The highest BCUT2D eigenvalue weighted by Crippen LogP contribution is 2.10. The number of hydrogen-bond acceptors (Lipinski definition) is 4. The highest BCUT2D eigenvalue weighted by atomic mass is 16.3. The third-order valence-electron chi connectivity index (χ3n) is 2.56. The van der Waals surface area contributed by atoms with Crippen LogP contribution in [0.1, 0.15) is 11.1 Å². The molecule has 0 aliphatic rings.